The van der Waals surface area contributed by atoms with E-state index < -0.39 is 29.0 Å². The molecule has 1 atom stereocenters. The summed E-state index contributed by atoms with van der Waals surface area (Å²) in [5, 5.41) is 6.59. The van der Waals surface area contributed by atoms with Crippen molar-refractivity contribution in [3.05, 3.63) is 60.3 Å². The number of ether oxygens (including phenoxy) is 1. The smallest absolute Gasteiger partial charge is 0.397 e. The summed E-state index contributed by atoms with van der Waals surface area (Å²) in [6.07, 6.45) is 4.05. The maximum absolute atomic E-state index is 13.4. The van der Waals surface area contributed by atoms with Gasteiger partial charge in [0.25, 0.3) is 0 Å². The van der Waals surface area contributed by atoms with Crippen LogP contribution in [0.25, 0.3) is 16.3 Å². The number of alkyl halides is 3. The van der Waals surface area contributed by atoms with E-state index in [0.29, 0.717) is 17.4 Å². The number of fused-ring (bicyclic) bond motifs is 6. The van der Waals surface area contributed by atoms with Gasteiger partial charge in [0.15, 0.2) is 5.13 Å². The van der Waals surface area contributed by atoms with Gasteiger partial charge in [-0.25, -0.2) is 14.6 Å². The molecule has 4 aromatic rings. The Kier molecular flexibility index (Phi) is 10.8. The fourth-order valence-electron chi connectivity index (χ4n) is 4.77. The number of rotatable bonds is 7. The highest BCUT2D eigenvalue weighted by molar-refractivity contribution is 8.00. The van der Waals surface area contributed by atoms with Crippen LogP contribution < -0.4 is 14.4 Å². The molecule has 1 unspecified atom stereocenters. The Hall–Kier alpha value is -3.10. The highest BCUT2D eigenvalue weighted by Crippen LogP contribution is 2.40. The minimum absolute atomic E-state index is 0.107. The van der Waals surface area contributed by atoms with Gasteiger partial charge in [0.1, 0.15) is 28.1 Å². The van der Waals surface area contributed by atoms with Gasteiger partial charge in [-0.3, -0.25) is 4.21 Å². The molecule has 4 bridgehead atoms. The third kappa shape index (κ3) is 8.59. The number of halogens is 3. The van der Waals surface area contributed by atoms with E-state index in [1.807, 2.05) is 36.4 Å². The first-order chi connectivity index (χ1) is 21.5. The molecule has 4 heterocycles. The summed E-state index contributed by atoms with van der Waals surface area (Å²) in [7, 11) is -0.896. The first kappa shape index (κ1) is 33.3. The van der Waals surface area contributed by atoms with Crippen LogP contribution in [0.5, 0.6) is 5.88 Å². The van der Waals surface area contributed by atoms with Crippen LogP contribution in [0.3, 0.4) is 0 Å². The Morgan fingerprint density at radius 2 is 1.82 bits per heavy atom. The second-order valence-corrected chi connectivity index (χ2v) is 14.9. The van der Waals surface area contributed by atoms with Crippen LogP contribution in [0.1, 0.15) is 45.1 Å². The average molecular weight is 679 g/mol. The molecule has 3 aromatic heterocycles. The van der Waals surface area contributed by atoms with Crippen LogP contribution in [-0.4, -0.2) is 61.8 Å². The second-order valence-electron chi connectivity index (χ2n) is 11.6. The quantitative estimate of drug-likeness (QED) is 0.199. The average Bonchev–Trinajstić information content (AvgIpc) is 3.65. The Morgan fingerprint density at radius 3 is 2.62 bits per heavy atom. The standard InChI is InChI=1S/C31H37F3N6O2S3/c1-30(2,31(32,33)34)21-42-25-16-18-40(37-25)28-27-23-13-8-7-12-22(23)11-6-4-5-9-17-39(19-20-45(3)41)24-14-10-15-26(35-24)44-38-29(36-27)43-28/h7-8,10,12-16,18H,4-6,9,11,17,19-21H2,1-3H3,(H,36,38). The zero-order valence-corrected chi connectivity index (χ0v) is 27.9. The summed E-state index contributed by atoms with van der Waals surface area (Å²) in [6.45, 7) is 3.19. The molecule has 1 aliphatic heterocycles. The Labute approximate surface area is 272 Å². The topological polar surface area (TPSA) is 85.2 Å². The number of nitrogens with one attached hydrogen (secondary N) is 1. The predicted molar refractivity (Wildman–Crippen MR) is 177 cm³/mol. The Morgan fingerprint density at radius 1 is 1.02 bits per heavy atom. The summed E-state index contributed by atoms with van der Waals surface area (Å²) in [5.41, 5.74) is 0.871. The van der Waals surface area contributed by atoms with Gasteiger partial charge in [0.05, 0.1) is 5.41 Å². The van der Waals surface area contributed by atoms with Crippen LogP contribution >= 0.6 is 23.3 Å². The molecule has 0 aliphatic carbocycles. The maximum Gasteiger partial charge on any atom is 0.397 e. The molecule has 1 aromatic carbocycles. The molecule has 1 aliphatic rings. The number of benzene rings is 1. The van der Waals surface area contributed by atoms with E-state index in [4.69, 9.17) is 14.7 Å². The monoisotopic (exact) mass is 678 g/mol. The number of anilines is 2. The molecular weight excluding hydrogens is 642 g/mol. The largest absolute Gasteiger partial charge is 0.476 e. The lowest BCUT2D eigenvalue weighted by Gasteiger charge is -2.26. The van der Waals surface area contributed by atoms with Crippen molar-refractivity contribution in [1.29, 1.82) is 0 Å². The van der Waals surface area contributed by atoms with E-state index in [0.717, 1.165) is 79.6 Å². The summed E-state index contributed by atoms with van der Waals surface area (Å²) in [4.78, 5) is 12.1. The molecular formula is C31H37F3N6O2S3. The molecule has 0 saturated carbocycles. The third-order valence-electron chi connectivity index (χ3n) is 7.55. The third-order valence-corrected chi connectivity index (χ3v) is 10.1. The van der Waals surface area contributed by atoms with Crippen LogP contribution in [0.15, 0.2) is 59.8 Å². The molecule has 8 nitrogen and oxygen atoms in total. The Bertz CT molecular complexity index is 1610. The number of nitrogens with zero attached hydrogens (tertiary/aromatic N) is 5. The molecule has 1 N–H and O–H groups in total. The molecule has 45 heavy (non-hydrogen) atoms. The van der Waals surface area contributed by atoms with E-state index in [1.54, 1.807) is 23.2 Å². The van der Waals surface area contributed by atoms with Crippen LogP contribution in [0, 0.1) is 5.41 Å². The van der Waals surface area contributed by atoms with E-state index in [9.17, 15) is 17.4 Å². The van der Waals surface area contributed by atoms with Crippen molar-refractivity contribution in [2.45, 2.75) is 57.2 Å². The molecule has 14 heteroatoms. The Balaban J connectivity index is 1.46. The molecule has 0 fully saturated rings. The van der Waals surface area contributed by atoms with E-state index in [1.165, 1.54) is 28.8 Å². The second kappa shape index (κ2) is 14.5. The fourth-order valence-corrected chi connectivity index (χ4v) is 6.83. The number of thiazole rings is 1. The number of hydrogen-bond donors (Lipinski definition) is 1. The summed E-state index contributed by atoms with van der Waals surface area (Å²) in [5.74, 6) is 1.54. The molecule has 5 rings (SSSR count). The fraction of sp³-hybridized carbons (Fsp3) is 0.452. The molecule has 0 amide bonds. The van der Waals surface area contributed by atoms with Crippen molar-refractivity contribution in [2.24, 2.45) is 5.41 Å². The minimum atomic E-state index is -4.40. The van der Waals surface area contributed by atoms with Gasteiger partial charge < -0.3 is 14.4 Å². The van der Waals surface area contributed by atoms with Gasteiger partial charge >= 0.3 is 6.18 Å². The normalized spacial score (nSPS) is 15.6. The predicted octanol–water partition coefficient (Wildman–Crippen LogP) is 7.78. The van der Waals surface area contributed by atoms with E-state index >= 15 is 0 Å². The first-order valence-corrected chi connectivity index (χ1v) is 18.2. The van der Waals surface area contributed by atoms with E-state index in [2.05, 4.69) is 20.8 Å². The minimum Gasteiger partial charge on any atom is -0.476 e. The van der Waals surface area contributed by atoms with Crippen molar-refractivity contribution in [1.82, 2.24) is 19.7 Å². The van der Waals surface area contributed by atoms with Gasteiger partial charge in [0, 0.05) is 65.7 Å². The molecule has 0 radical (unpaired) electrons. The van der Waals surface area contributed by atoms with Crippen molar-refractivity contribution < 1.29 is 22.1 Å². The molecule has 0 saturated heterocycles. The number of aryl methyl sites for hydroxylation is 1. The van der Waals surface area contributed by atoms with Crippen molar-refractivity contribution in [3.8, 4) is 22.1 Å². The number of pyridine rings is 1. The van der Waals surface area contributed by atoms with Crippen molar-refractivity contribution in [3.63, 3.8) is 0 Å². The lowest BCUT2D eigenvalue weighted by Crippen LogP contribution is -2.37. The lowest BCUT2D eigenvalue weighted by molar-refractivity contribution is -0.219. The van der Waals surface area contributed by atoms with Gasteiger partial charge in [0.2, 0.25) is 5.88 Å². The lowest BCUT2D eigenvalue weighted by atomic mass is 9.94. The molecule has 242 valence electrons. The van der Waals surface area contributed by atoms with Gasteiger partial charge in [-0.2, -0.15) is 13.2 Å². The SMILES string of the molecule is CS(=O)CCN1CCCCCCc2ccccc2-c2nc(sc2-n2ccc(OCC(C)(C)C(F)(F)F)n2)NSc2cccc1n2. The highest BCUT2D eigenvalue weighted by atomic mass is 32.2. The van der Waals surface area contributed by atoms with Crippen LogP contribution in [0.2, 0.25) is 0 Å². The summed E-state index contributed by atoms with van der Waals surface area (Å²) in [6, 6.07) is 15.6. The van der Waals surface area contributed by atoms with Crippen LogP contribution in [0.4, 0.5) is 24.1 Å². The van der Waals surface area contributed by atoms with Crippen LogP contribution in [-0.2, 0) is 17.2 Å². The maximum atomic E-state index is 13.4. The van der Waals surface area contributed by atoms with Gasteiger partial charge in [-0.15, -0.1) is 5.10 Å². The van der Waals surface area contributed by atoms with Gasteiger partial charge in [-0.05, 0) is 50.8 Å². The number of hydrogen-bond acceptors (Lipinski definition) is 9. The van der Waals surface area contributed by atoms with E-state index in [-0.39, 0.29) is 5.88 Å². The molecule has 0 spiro atoms. The summed E-state index contributed by atoms with van der Waals surface area (Å²) < 4.78 is 62.5. The highest BCUT2D eigenvalue weighted by Gasteiger charge is 2.48. The number of aromatic nitrogens is 4. The van der Waals surface area contributed by atoms with Crippen molar-refractivity contribution in [2.75, 3.05) is 41.3 Å². The zero-order valence-electron chi connectivity index (χ0n) is 25.5. The first-order valence-electron chi connectivity index (χ1n) is 14.8. The van der Waals surface area contributed by atoms with Crippen molar-refractivity contribution >= 4 is 45.0 Å². The van der Waals surface area contributed by atoms with Gasteiger partial charge in [-0.1, -0.05) is 54.5 Å². The summed E-state index contributed by atoms with van der Waals surface area (Å²) >= 11 is 2.73. The zero-order chi connectivity index (χ0) is 32.0.